The second-order valence-electron chi connectivity index (χ2n) is 10.7. The lowest BCUT2D eigenvalue weighted by Gasteiger charge is -2.14. The van der Waals surface area contributed by atoms with Crippen LogP contribution >= 0.6 is 11.6 Å². The zero-order valence-corrected chi connectivity index (χ0v) is 26.3. The van der Waals surface area contributed by atoms with Crippen molar-refractivity contribution in [1.82, 2.24) is 4.57 Å². The molecule has 0 aliphatic heterocycles. The molecule has 6 aromatic rings. The molecule has 0 saturated heterocycles. The van der Waals surface area contributed by atoms with E-state index in [1.165, 1.54) is 0 Å². The smallest absolute Gasteiger partial charge is 0.344 e. The van der Waals surface area contributed by atoms with Gasteiger partial charge >= 0.3 is 5.97 Å². The molecule has 7 heteroatoms. The molecule has 0 bridgehead atoms. The van der Waals surface area contributed by atoms with E-state index in [2.05, 4.69) is 10.6 Å². The largest absolute Gasteiger partial charge is 0.489 e. The van der Waals surface area contributed by atoms with Crippen molar-refractivity contribution in [2.24, 2.45) is 0 Å². The third-order valence-electron chi connectivity index (χ3n) is 7.52. The number of esters is 1. The van der Waals surface area contributed by atoms with Crippen molar-refractivity contribution >= 4 is 28.5 Å². The highest BCUT2D eigenvalue weighted by Crippen LogP contribution is 2.40. The Morgan fingerprint density at radius 2 is 1.22 bits per heavy atom. The van der Waals surface area contributed by atoms with E-state index >= 15 is 0 Å². The minimum absolute atomic E-state index is 0.130. The maximum absolute atomic E-state index is 11.7. The molecule has 0 saturated carbocycles. The van der Waals surface area contributed by atoms with Crippen LogP contribution in [-0.4, -0.2) is 23.8 Å². The number of carbonyl (C=O) groups excluding carboxylic acids is 1. The van der Waals surface area contributed by atoms with Crippen LogP contribution in [0.2, 0.25) is 5.02 Å². The molecular formula is C39H34ClNO5. The summed E-state index contributed by atoms with van der Waals surface area (Å²) in [5.74, 6) is 1.73. The predicted octanol–water partition coefficient (Wildman–Crippen LogP) is 9.11. The topological polar surface area (TPSA) is 58.9 Å². The number of carbonyl (C=O) groups is 1. The number of aromatic nitrogens is 1. The second kappa shape index (κ2) is 14.7. The van der Waals surface area contributed by atoms with E-state index in [1.807, 2.05) is 121 Å². The molecule has 0 atom stereocenters. The molecule has 0 radical (unpaired) electrons. The number of nitrogens with zero attached hydrogens (tertiary/aromatic N) is 1. The molecule has 1 aromatic heterocycles. The van der Waals surface area contributed by atoms with Gasteiger partial charge in [-0.2, -0.15) is 0 Å². The van der Waals surface area contributed by atoms with Gasteiger partial charge in [-0.1, -0.05) is 84.4 Å². The van der Waals surface area contributed by atoms with Crippen LogP contribution in [0.25, 0.3) is 22.2 Å². The summed E-state index contributed by atoms with van der Waals surface area (Å²) in [7, 11) is 0. The first-order valence-electron chi connectivity index (χ1n) is 15.2. The van der Waals surface area contributed by atoms with E-state index < -0.39 is 5.97 Å². The molecular weight excluding hydrogens is 598 g/mol. The predicted molar refractivity (Wildman–Crippen MR) is 182 cm³/mol. The summed E-state index contributed by atoms with van der Waals surface area (Å²) < 4.78 is 24.9. The summed E-state index contributed by atoms with van der Waals surface area (Å²) in [6, 6.07) is 41.9. The maximum Gasteiger partial charge on any atom is 0.344 e. The Morgan fingerprint density at radius 1 is 0.652 bits per heavy atom. The number of ether oxygens (including phenoxy) is 4. The van der Waals surface area contributed by atoms with Gasteiger partial charge in [-0.15, -0.1) is 0 Å². The first-order valence-corrected chi connectivity index (χ1v) is 15.6. The molecule has 0 unspecified atom stereocenters. The highest BCUT2D eigenvalue weighted by atomic mass is 35.5. The molecule has 0 spiro atoms. The van der Waals surface area contributed by atoms with Crippen LogP contribution in [0.1, 0.15) is 23.6 Å². The fourth-order valence-electron chi connectivity index (χ4n) is 5.24. The lowest BCUT2D eigenvalue weighted by atomic mass is 10.1. The van der Waals surface area contributed by atoms with Gasteiger partial charge in [0, 0.05) is 11.9 Å². The van der Waals surface area contributed by atoms with Crippen LogP contribution < -0.4 is 14.2 Å². The van der Waals surface area contributed by atoms with Crippen molar-refractivity contribution < 1.29 is 23.7 Å². The Balaban J connectivity index is 1.28. The fraction of sp³-hybridized carbons (Fsp3) is 0.154. The molecule has 6 nitrogen and oxygen atoms in total. The van der Waals surface area contributed by atoms with Crippen molar-refractivity contribution in [2.45, 2.75) is 26.7 Å². The Morgan fingerprint density at radius 3 is 1.85 bits per heavy atom. The van der Waals surface area contributed by atoms with Crippen LogP contribution in [-0.2, 0) is 29.3 Å². The molecule has 1 heterocycles. The Kier molecular flexibility index (Phi) is 9.86. The molecule has 232 valence electrons. The van der Waals surface area contributed by atoms with Gasteiger partial charge in [0.1, 0.15) is 30.5 Å². The quantitative estimate of drug-likeness (QED) is 0.119. The van der Waals surface area contributed by atoms with E-state index in [0.717, 1.165) is 50.3 Å². The molecule has 6 rings (SSSR count). The average molecular weight is 632 g/mol. The lowest BCUT2D eigenvalue weighted by molar-refractivity contribution is -0.145. The van der Waals surface area contributed by atoms with Crippen molar-refractivity contribution in [3.63, 3.8) is 0 Å². The van der Waals surface area contributed by atoms with Crippen molar-refractivity contribution in [1.29, 1.82) is 0 Å². The third-order valence-corrected chi connectivity index (χ3v) is 7.91. The van der Waals surface area contributed by atoms with Crippen molar-refractivity contribution in [3.05, 3.63) is 149 Å². The lowest BCUT2D eigenvalue weighted by Crippen LogP contribution is -2.14. The number of hydrogen-bond donors (Lipinski definition) is 0. The van der Waals surface area contributed by atoms with Crippen LogP contribution in [0.15, 0.2) is 127 Å². The maximum atomic E-state index is 11.7. The highest BCUT2D eigenvalue weighted by molar-refractivity contribution is 6.38. The minimum atomic E-state index is -0.395. The SMILES string of the molecule is CCOC(=O)COc1ccc(Cn2c(-c3ccc(OCc4ccccc4)cc3)c(Cl)c3cc(OCc4ccccc4)ccc32)cc1. The molecule has 0 fully saturated rings. The van der Waals surface area contributed by atoms with Gasteiger partial charge in [-0.05, 0) is 83.8 Å². The van der Waals surface area contributed by atoms with Crippen LogP contribution in [0.3, 0.4) is 0 Å². The van der Waals surface area contributed by atoms with Crippen molar-refractivity contribution in [2.75, 3.05) is 13.2 Å². The number of rotatable bonds is 13. The number of hydrogen-bond acceptors (Lipinski definition) is 5. The van der Waals surface area contributed by atoms with Crippen LogP contribution in [0, 0.1) is 0 Å². The molecule has 46 heavy (non-hydrogen) atoms. The van der Waals surface area contributed by atoms with E-state index in [1.54, 1.807) is 6.92 Å². The van der Waals surface area contributed by atoms with Gasteiger partial charge in [-0.3, -0.25) is 0 Å². The summed E-state index contributed by atoms with van der Waals surface area (Å²) in [4.78, 5) is 11.7. The second-order valence-corrected chi connectivity index (χ2v) is 11.1. The van der Waals surface area contributed by atoms with Crippen LogP contribution in [0.5, 0.6) is 17.2 Å². The van der Waals surface area contributed by atoms with Crippen LogP contribution in [0.4, 0.5) is 0 Å². The molecule has 0 aliphatic carbocycles. The van der Waals surface area contributed by atoms with E-state index in [4.69, 9.17) is 30.5 Å². The average Bonchev–Trinajstić information content (AvgIpc) is 3.37. The van der Waals surface area contributed by atoms with Gasteiger partial charge in [0.15, 0.2) is 6.61 Å². The normalized spacial score (nSPS) is 10.9. The summed E-state index contributed by atoms with van der Waals surface area (Å²) in [6.45, 7) is 3.48. The monoisotopic (exact) mass is 631 g/mol. The Hall–Kier alpha value is -5.20. The molecule has 0 N–H and O–H groups in total. The van der Waals surface area contributed by atoms with Gasteiger partial charge in [0.25, 0.3) is 0 Å². The van der Waals surface area contributed by atoms with Gasteiger partial charge in [0.2, 0.25) is 0 Å². The first kappa shape index (κ1) is 30.8. The molecule has 5 aromatic carbocycles. The summed E-state index contributed by atoms with van der Waals surface area (Å²) in [6.07, 6.45) is 0. The van der Waals surface area contributed by atoms with Gasteiger partial charge in [-0.25, -0.2) is 4.79 Å². The number of halogens is 1. The zero-order chi connectivity index (χ0) is 31.7. The summed E-state index contributed by atoms with van der Waals surface area (Å²) in [5.41, 5.74) is 6.10. The molecule has 0 aliphatic rings. The summed E-state index contributed by atoms with van der Waals surface area (Å²) >= 11 is 7.18. The number of benzene rings is 5. The van der Waals surface area contributed by atoms with E-state index in [9.17, 15) is 4.79 Å². The van der Waals surface area contributed by atoms with Gasteiger partial charge < -0.3 is 23.5 Å². The third kappa shape index (κ3) is 7.53. The Bertz CT molecular complexity index is 1890. The first-order chi connectivity index (χ1) is 22.6. The van der Waals surface area contributed by atoms with E-state index in [-0.39, 0.29) is 6.61 Å². The number of fused-ring (bicyclic) bond motifs is 1. The van der Waals surface area contributed by atoms with Crippen molar-refractivity contribution in [3.8, 4) is 28.5 Å². The van der Waals surface area contributed by atoms with Gasteiger partial charge in [0.05, 0.1) is 22.8 Å². The molecule has 0 amide bonds. The standard InChI is InChI=1S/C39H34ClNO5/c1-2-43-37(42)27-46-32-17-13-28(14-18-32)24-41-36-22-21-34(45-26-30-11-7-4-8-12-30)23-35(36)38(40)39(41)31-15-19-33(20-16-31)44-25-29-9-5-3-6-10-29/h3-23H,2,24-27H2,1H3. The zero-order valence-electron chi connectivity index (χ0n) is 25.5. The Labute approximate surface area is 273 Å². The summed E-state index contributed by atoms with van der Waals surface area (Å²) in [5, 5.41) is 1.55. The van der Waals surface area contributed by atoms with E-state index in [0.29, 0.717) is 37.1 Å². The highest BCUT2D eigenvalue weighted by Gasteiger charge is 2.19. The minimum Gasteiger partial charge on any atom is -0.489 e. The fourth-order valence-corrected chi connectivity index (χ4v) is 5.60.